The Hall–Kier alpha value is -0.610. The number of hydrogen-bond acceptors (Lipinski definition) is 3. The van der Waals surface area contributed by atoms with Gasteiger partial charge in [-0.2, -0.15) is 0 Å². The largest absolute Gasteiger partial charge is 0.354 e. The van der Waals surface area contributed by atoms with E-state index >= 15 is 0 Å². The van der Waals surface area contributed by atoms with Crippen molar-refractivity contribution in [1.29, 1.82) is 0 Å². The van der Waals surface area contributed by atoms with Crippen molar-refractivity contribution in [3.05, 3.63) is 0 Å². The summed E-state index contributed by atoms with van der Waals surface area (Å²) in [7, 11) is 0. The van der Waals surface area contributed by atoms with E-state index in [0.29, 0.717) is 6.61 Å². The van der Waals surface area contributed by atoms with E-state index in [4.69, 9.17) is 11.5 Å². The maximum atomic E-state index is 9.95. The molecule has 1 unspecified atom stereocenters. The van der Waals surface area contributed by atoms with Gasteiger partial charge in [0.1, 0.15) is 0 Å². The second-order valence-electron chi connectivity index (χ2n) is 1.24. The van der Waals surface area contributed by atoms with Crippen molar-refractivity contribution in [2.45, 2.75) is 13.2 Å². The molecule has 0 aromatic heterocycles. The minimum atomic E-state index is -1.06. The number of carbonyl (C=O) groups is 1. The number of hydrogen-bond donors (Lipinski definition) is 1. The van der Waals surface area contributed by atoms with Gasteiger partial charge in [0.15, 0.2) is 6.23 Å². The van der Waals surface area contributed by atoms with E-state index in [9.17, 15) is 4.79 Å². The maximum Gasteiger partial charge on any atom is 0.282 e. The number of nitrogens with two attached hydrogens (primary N) is 1. The van der Waals surface area contributed by atoms with Gasteiger partial charge in [-0.25, -0.2) is 0 Å². The normalized spacial score (nSPS) is 13.2. The molecule has 0 aromatic rings. The first-order chi connectivity index (χ1) is 3.68. The van der Waals surface area contributed by atoms with Gasteiger partial charge in [-0.05, 0) is 6.92 Å². The quantitative estimate of drug-likeness (QED) is 0.487. The molecule has 3 N–H and O–H groups in total. The van der Waals surface area contributed by atoms with Crippen LogP contribution in [0, 0.1) is 0 Å². The highest BCUT2D eigenvalue weighted by molar-refractivity contribution is 5.77. The zero-order chi connectivity index (χ0) is 6.57. The van der Waals surface area contributed by atoms with Crippen LogP contribution in [-0.2, 0) is 9.53 Å². The maximum absolute atomic E-state index is 9.95. The summed E-state index contributed by atoms with van der Waals surface area (Å²) in [6.45, 7) is 2.08. The molecule has 0 saturated carbocycles. The van der Waals surface area contributed by atoms with Gasteiger partial charge in [0, 0.05) is 6.61 Å². The second-order valence-corrected chi connectivity index (χ2v) is 1.24. The van der Waals surface area contributed by atoms with Crippen molar-refractivity contribution in [3.8, 4) is 0 Å². The van der Waals surface area contributed by atoms with Crippen LogP contribution >= 0.6 is 0 Å². The molecule has 0 fully saturated rings. The van der Waals surface area contributed by atoms with Gasteiger partial charge in [-0.1, -0.05) is 0 Å². The Morgan fingerprint density at radius 1 is 2.00 bits per heavy atom. The van der Waals surface area contributed by atoms with Crippen LogP contribution in [0.1, 0.15) is 6.92 Å². The van der Waals surface area contributed by atoms with Crippen LogP contribution in [-0.4, -0.2) is 18.7 Å². The summed E-state index contributed by atoms with van der Waals surface area (Å²) in [4.78, 5) is 9.95. The van der Waals surface area contributed by atoms with E-state index in [0.717, 1.165) is 0 Å². The monoisotopic (exact) mass is 117 g/mol. The number of nitrogens with one attached hydrogen (secondary N) is 1. The van der Waals surface area contributed by atoms with Crippen LogP contribution in [0.15, 0.2) is 0 Å². The first-order valence-corrected chi connectivity index (χ1v) is 2.31. The van der Waals surface area contributed by atoms with Crippen molar-refractivity contribution in [2.24, 2.45) is 5.73 Å². The molecule has 0 saturated heterocycles. The third-order valence-corrected chi connectivity index (χ3v) is 0.605. The molecule has 0 aromatic carbocycles. The molecule has 0 bridgehead atoms. The third-order valence-electron chi connectivity index (χ3n) is 0.605. The summed E-state index contributed by atoms with van der Waals surface area (Å²) in [5.41, 5.74) is 11.4. The summed E-state index contributed by atoms with van der Waals surface area (Å²) in [5, 5.41) is 0. The molecule has 4 nitrogen and oxygen atoms in total. The van der Waals surface area contributed by atoms with Gasteiger partial charge in [0.05, 0.1) is 0 Å². The zero-order valence-corrected chi connectivity index (χ0v) is 4.68. The van der Waals surface area contributed by atoms with Crippen LogP contribution in [0.4, 0.5) is 0 Å². The van der Waals surface area contributed by atoms with Gasteiger partial charge in [0.2, 0.25) is 0 Å². The number of rotatable bonds is 3. The van der Waals surface area contributed by atoms with Gasteiger partial charge in [-0.15, -0.1) is 0 Å². The molecule has 4 heteroatoms. The third kappa shape index (κ3) is 2.54. The Kier molecular flexibility index (Phi) is 3.14. The lowest BCUT2D eigenvalue weighted by Crippen LogP contribution is -2.33. The minimum Gasteiger partial charge on any atom is -0.354 e. The van der Waals surface area contributed by atoms with Crippen molar-refractivity contribution >= 4 is 5.91 Å². The topological polar surface area (TPSA) is 76.1 Å². The Morgan fingerprint density at radius 2 is 2.50 bits per heavy atom. The fourth-order valence-corrected chi connectivity index (χ4v) is 0.255. The molecule has 1 atom stereocenters. The molecule has 47 valence electrons. The van der Waals surface area contributed by atoms with Gasteiger partial charge in [0.25, 0.3) is 5.91 Å². The van der Waals surface area contributed by atoms with E-state index in [2.05, 4.69) is 4.74 Å². The number of amides is 1. The van der Waals surface area contributed by atoms with Crippen LogP contribution in [0.2, 0.25) is 0 Å². The van der Waals surface area contributed by atoms with Crippen LogP contribution in [0.3, 0.4) is 0 Å². The lowest BCUT2D eigenvalue weighted by molar-refractivity contribution is -0.129. The zero-order valence-electron chi connectivity index (χ0n) is 4.68. The molecule has 1 amide bonds. The molecule has 0 rings (SSSR count). The SMILES string of the molecule is CCOC(N)C([NH])=O. The Balaban J connectivity index is 3.32. The fraction of sp³-hybridized carbons (Fsp3) is 0.750. The minimum absolute atomic E-state index is 0.367. The van der Waals surface area contributed by atoms with Crippen LogP contribution in [0.5, 0.6) is 0 Å². The summed E-state index contributed by atoms with van der Waals surface area (Å²) >= 11 is 0. The van der Waals surface area contributed by atoms with Gasteiger partial charge in [-0.3, -0.25) is 16.3 Å². The first kappa shape index (κ1) is 7.39. The van der Waals surface area contributed by atoms with Gasteiger partial charge < -0.3 is 4.74 Å². The van der Waals surface area contributed by atoms with Crippen LogP contribution in [0.25, 0.3) is 0 Å². The predicted octanol–water partition coefficient (Wildman–Crippen LogP) is -0.883. The summed E-state index contributed by atoms with van der Waals surface area (Å²) < 4.78 is 4.54. The number of ether oxygens (including phenoxy) is 1. The molecule has 8 heavy (non-hydrogen) atoms. The second kappa shape index (κ2) is 3.40. The molecule has 1 radical (unpaired) electrons. The molecule has 0 aliphatic heterocycles. The lowest BCUT2D eigenvalue weighted by atomic mass is 10.6. The van der Waals surface area contributed by atoms with E-state index in [1.54, 1.807) is 6.92 Å². The van der Waals surface area contributed by atoms with Crippen molar-refractivity contribution in [3.63, 3.8) is 0 Å². The average Bonchev–Trinajstić information content (AvgIpc) is 1.67. The van der Waals surface area contributed by atoms with E-state index in [1.807, 2.05) is 0 Å². The first-order valence-electron chi connectivity index (χ1n) is 2.31. The lowest BCUT2D eigenvalue weighted by Gasteiger charge is -2.03. The van der Waals surface area contributed by atoms with E-state index < -0.39 is 12.1 Å². The highest BCUT2D eigenvalue weighted by Crippen LogP contribution is 1.78. The molecule has 0 heterocycles. The van der Waals surface area contributed by atoms with Crippen molar-refractivity contribution in [1.82, 2.24) is 5.73 Å². The smallest absolute Gasteiger partial charge is 0.282 e. The van der Waals surface area contributed by atoms with Crippen molar-refractivity contribution in [2.75, 3.05) is 6.61 Å². The Bertz CT molecular complexity index is 84.1. The molecular weight excluding hydrogens is 108 g/mol. The van der Waals surface area contributed by atoms with Crippen LogP contribution < -0.4 is 11.5 Å². The Morgan fingerprint density at radius 3 is 2.62 bits per heavy atom. The fourth-order valence-electron chi connectivity index (χ4n) is 0.255. The summed E-state index contributed by atoms with van der Waals surface area (Å²) in [6, 6.07) is 0. The number of carbonyl (C=O) groups excluding carboxylic acids is 1. The summed E-state index contributed by atoms with van der Waals surface area (Å²) in [5.74, 6) is -0.883. The molecule has 0 aliphatic carbocycles. The van der Waals surface area contributed by atoms with E-state index in [-0.39, 0.29) is 0 Å². The van der Waals surface area contributed by atoms with Gasteiger partial charge >= 0.3 is 0 Å². The Labute approximate surface area is 47.8 Å². The standard InChI is InChI=1S/C4H9N2O2/c1-2-8-4(6)3(5)7/h4-5H,2,6H2,1H3. The average molecular weight is 117 g/mol. The summed E-state index contributed by atoms with van der Waals surface area (Å²) in [6.07, 6.45) is -1.06. The predicted molar refractivity (Wildman–Crippen MR) is 27.7 cm³/mol. The molecule has 0 aliphatic rings. The van der Waals surface area contributed by atoms with Crippen molar-refractivity contribution < 1.29 is 9.53 Å². The highest BCUT2D eigenvalue weighted by atomic mass is 16.5. The molecule has 0 spiro atoms. The molecular formula is C4H9N2O2. The van der Waals surface area contributed by atoms with E-state index in [1.165, 1.54) is 0 Å². The highest BCUT2D eigenvalue weighted by Gasteiger charge is 2.06.